The van der Waals surface area contributed by atoms with E-state index in [4.69, 9.17) is 23.5 Å². The summed E-state index contributed by atoms with van der Waals surface area (Å²) in [4.78, 5) is 12.8. The highest BCUT2D eigenvalue weighted by Crippen LogP contribution is 2.26. The van der Waals surface area contributed by atoms with E-state index in [2.05, 4.69) is 54.5 Å². The monoisotopic (exact) mass is 861 g/mol. The molecule has 13 heteroatoms. The van der Waals surface area contributed by atoms with Gasteiger partial charge in [0.05, 0.1) is 19.8 Å². The number of unbranched alkanes of at least 4 members (excludes halogenated alkanes) is 21. The normalized spacial score (nSPS) is 20.7. The molecule has 59 heavy (non-hydrogen) atoms. The zero-order valence-corrected chi connectivity index (χ0v) is 37.6. The van der Waals surface area contributed by atoms with Crippen LogP contribution in [0.2, 0.25) is 0 Å². The number of ether oxygens (including phenoxy) is 4. The lowest BCUT2D eigenvalue weighted by molar-refractivity contribution is -0.301. The van der Waals surface area contributed by atoms with Gasteiger partial charge in [-0.3, -0.25) is 9.35 Å². The van der Waals surface area contributed by atoms with E-state index < -0.39 is 59.8 Å². The van der Waals surface area contributed by atoms with E-state index in [1.54, 1.807) is 0 Å². The van der Waals surface area contributed by atoms with Crippen molar-refractivity contribution >= 4 is 16.4 Å². The van der Waals surface area contributed by atoms with E-state index >= 15 is 0 Å². The summed E-state index contributed by atoms with van der Waals surface area (Å²) < 4.78 is 59.1. The Hall–Kier alpha value is -1.68. The van der Waals surface area contributed by atoms with Gasteiger partial charge in [0.2, 0.25) is 0 Å². The van der Waals surface area contributed by atoms with E-state index in [1.807, 2.05) is 0 Å². The molecule has 0 saturated carbocycles. The second-order valence-corrected chi connectivity index (χ2v) is 17.0. The predicted octanol–water partition coefficient (Wildman–Crippen LogP) is 9.80. The first kappa shape index (κ1) is 55.3. The minimum Gasteiger partial charge on any atom is -0.457 e. The van der Waals surface area contributed by atoms with Crippen molar-refractivity contribution in [3.8, 4) is 0 Å². The van der Waals surface area contributed by atoms with Crippen LogP contribution in [0.25, 0.3) is 0 Å². The molecule has 0 radical (unpaired) electrons. The third-order valence-electron chi connectivity index (χ3n) is 10.5. The predicted molar refractivity (Wildman–Crippen MR) is 234 cm³/mol. The van der Waals surface area contributed by atoms with Gasteiger partial charge in [-0.2, -0.15) is 8.42 Å². The van der Waals surface area contributed by atoms with E-state index in [1.165, 1.54) is 89.9 Å². The maximum Gasteiger partial charge on any atom is 0.397 e. The number of allylic oxidation sites excluding steroid dienone is 6. The van der Waals surface area contributed by atoms with Crippen molar-refractivity contribution in [1.82, 2.24) is 0 Å². The Morgan fingerprint density at radius 3 is 1.66 bits per heavy atom. The summed E-state index contributed by atoms with van der Waals surface area (Å²) in [6, 6.07) is 0. The van der Waals surface area contributed by atoms with Crippen molar-refractivity contribution in [3.63, 3.8) is 0 Å². The molecule has 1 aliphatic heterocycles. The van der Waals surface area contributed by atoms with Gasteiger partial charge in [0.1, 0.15) is 30.5 Å². The number of carbonyl (C=O) groups is 1. The molecule has 1 aliphatic rings. The molecule has 0 aliphatic carbocycles. The molecular weight excluding hydrogens is 777 g/mol. The number of aliphatic hydroxyl groups is 3. The first-order valence-corrected chi connectivity index (χ1v) is 24.6. The summed E-state index contributed by atoms with van der Waals surface area (Å²) in [6.07, 6.45) is 34.6. The largest absolute Gasteiger partial charge is 0.457 e. The molecule has 0 aromatic heterocycles. The highest BCUT2D eigenvalue weighted by molar-refractivity contribution is 7.80. The van der Waals surface area contributed by atoms with Gasteiger partial charge in [-0.15, -0.1) is 0 Å². The number of hydrogen-bond donors (Lipinski definition) is 4. The Labute approximate surface area is 358 Å². The third-order valence-corrected chi connectivity index (χ3v) is 11.0. The molecule has 6 unspecified atom stereocenters. The van der Waals surface area contributed by atoms with Crippen LogP contribution in [0.4, 0.5) is 0 Å². The van der Waals surface area contributed by atoms with Crippen LogP contribution < -0.4 is 0 Å². The van der Waals surface area contributed by atoms with Crippen LogP contribution in [0.1, 0.15) is 187 Å². The van der Waals surface area contributed by atoms with Crippen molar-refractivity contribution in [2.24, 2.45) is 0 Å². The van der Waals surface area contributed by atoms with Crippen molar-refractivity contribution in [1.29, 1.82) is 0 Å². The first-order chi connectivity index (χ1) is 28.6. The van der Waals surface area contributed by atoms with Crippen molar-refractivity contribution in [2.75, 3.05) is 26.4 Å². The smallest absolute Gasteiger partial charge is 0.397 e. The molecule has 0 aromatic carbocycles. The minimum absolute atomic E-state index is 0.0267. The van der Waals surface area contributed by atoms with Crippen LogP contribution in [0, 0.1) is 0 Å². The molecule has 0 bridgehead atoms. The lowest BCUT2D eigenvalue weighted by Gasteiger charge is -2.41. The molecule has 1 fully saturated rings. The molecule has 1 rings (SSSR count). The van der Waals surface area contributed by atoms with E-state index in [0.29, 0.717) is 13.0 Å². The quantitative estimate of drug-likeness (QED) is 0.0199. The number of aliphatic hydroxyl groups excluding tert-OH is 3. The molecule has 1 heterocycles. The Bertz CT molecular complexity index is 1180. The Morgan fingerprint density at radius 2 is 1.12 bits per heavy atom. The van der Waals surface area contributed by atoms with Crippen LogP contribution in [0.5, 0.6) is 0 Å². The van der Waals surface area contributed by atoms with E-state index in [0.717, 1.165) is 70.6 Å². The Kier molecular flexibility index (Phi) is 35.7. The number of esters is 1. The van der Waals surface area contributed by atoms with Crippen molar-refractivity contribution in [2.45, 2.75) is 224 Å². The standard InChI is InChI=1S/C46H84O12S/c1-3-5-7-9-11-13-15-17-19-20-22-24-26-28-30-32-34-36-54-38-40(39-55-46-44(50)45(58-59(51,52)53)43(49)41(37-47)57-46)56-42(48)35-33-31-29-27-25-23-21-18-16-14-12-10-8-6-4-2/h12,14,18-21,40-41,43-47,49-50H,3-11,13,15-17,22-39H2,1-2H3,(H,51,52,53)/b14-12-,20-19-,21-18-. The lowest BCUT2D eigenvalue weighted by Crippen LogP contribution is -2.60. The first-order valence-electron chi connectivity index (χ1n) is 23.2. The molecule has 0 aromatic rings. The SMILES string of the molecule is CCCCC/C=C\C/C=C\CCCCCCCC(=O)OC(COCCCCCCCC/C=C\CCCCCCCCC)COC1OC(CO)C(O)C(OS(=O)(=O)O)C1O. The fourth-order valence-electron chi connectivity index (χ4n) is 6.93. The van der Waals surface area contributed by atoms with Crippen LogP contribution in [-0.2, 0) is 38.3 Å². The maximum absolute atomic E-state index is 12.8. The summed E-state index contributed by atoms with van der Waals surface area (Å²) in [5, 5.41) is 30.7. The fraction of sp³-hybridized carbons (Fsp3) is 0.848. The zero-order chi connectivity index (χ0) is 43.2. The summed E-state index contributed by atoms with van der Waals surface area (Å²) >= 11 is 0. The Morgan fingerprint density at radius 1 is 0.644 bits per heavy atom. The maximum atomic E-state index is 12.8. The Balaban J connectivity index is 2.43. The summed E-state index contributed by atoms with van der Waals surface area (Å²) in [5.74, 6) is -0.415. The highest BCUT2D eigenvalue weighted by atomic mass is 32.3. The van der Waals surface area contributed by atoms with E-state index in [9.17, 15) is 28.5 Å². The van der Waals surface area contributed by atoms with Gasteiger partial charge in [0.15, 0.2) is 6.29 Å². The van der Waals surface area contributed by atoms with Gasteiger partial charge in [0, 0.05) is 13.0 Å². The van der Waals surface area contributed by atoms with Crippen molar-refractivity contribution in [3.05, 3.63) is 36.5 Å². The topological polar surface area (TPSA) is 178 Å². The second-order valence-electron chi connectivity index (χ2n) is 16.0. The molecule has 1 saturated heterocycles. The van der Waals surface area contributed by atoms with E-state index in [-0.39, 0.29) is 19.6 Å². The average Bonchev–Trinajstić information content (AvgIpc) is 3.20. The molecular formula is C46H84O12S. The average molecular weight is 861 g/mol. The van der Waals surface area contributed by atoms with Crippen molar-refractivity contribution < 1.29 is 56.2 Å². The molecule has 12 nitrogen and oxygen atoms in total. The zero-order valence-electron chi connectivity index (χ0n) is 36.8. The molecule has 346 valence electrons. The fourth-order valence-corrected chi connectivity index (χ4v) is 7.44. The summed E-state index contributed by atoms with van der Waals surface area (Å²) in [7, 11) is -5.06. The molecule has 6 atom stereocenters. The number of rotatable bonds is 40. The molecule has 4 N–H and O–H groups in total. The van der Waals surface area contributed by atoms with Gasteiger partial charge < -0.3 is 34.3 Å². The van der Waals surface area contributed by atoms with Crippen LogP contribution >= 0.6 is 0 Å². The summed E-state index contributed by atoms with van der Waals surface area (Å²) in [5.41, 5.74) is 0. The molecule has 0 spiro atoms. The van der Waals surface area contributed by atoms with Crippen LogP contribution in [0.3, 0.4) is 0 Å². The third kappa shape index (κ3) is 31.8. The molecule has 0 amide bonds. The second kappa shape index (κ2) is 38.0. The minimum atomic E-state index is -5.06. The highest BCUT2D eigenvalue weighted by Gasteiger charge is 2.48. The lowest BCUT2D eigenvalue weighted by atomic mass is 9.99. The van der Waals surface area contributed by atoms with Gasteiger partial charge in [-0.1, -0.05) is 147 Å². The number of hydrogen-bond acceptors (Lipinski definition) is 11. The number of carbonyl (C=O) groups excluding carboxylic acids is 1. The van der Waals surface area contributed by atoms with Crippen LogP contribution in [-0.4, -0.2) is 97.5 Å². The van der Waals surface area contributed by atoms with Gasteiger partial charge in [-0.25, -0.2) is 4.18 Å². The summed E-state index contributed by atoms with van der Waals surface area (Å²) in [6.45, 7) is 3.93. The van der Waals surface area contributed by atoms with Gasteiger partial charge >= 0.3 is 16.4 Å². The van der Waals surface area contributed by atoms with Gasteiger partial charge in [-0.05, 0) is 70.6 Å². The van der Waals surface area contributed by atoms with Crippen LogP contribution in [0.15, 0.2) is 36.5 Å². The van der Waals surface area contributed by atoms with Gasteiger partial charge in [0.25, 0.3) is 0 Å².